The Morgan fingerprint density at radius 2 is 1.88 bits per heavy atom. The summed E-state index contributed by atoms with van der Waals surface area (Å²) < 4.78 is 16.6. The van der Waals surface area contributed by atoms with Crippen LogP contribution in [0.15, 0.2) is 77.9 Å². The minimum atomic E-state index is -1.11. The van der Waals surface area contributed by atoms with E-state index in [-0.39, 0.29) is 17.8 Å². The fourth-order valence-corrected chi connectivity index (χ4v) is 3.27. The Hall–Kier alpha value is -4.47. The molecule has 0 radical (unpaired) electrons. The largest absolute Gasteiger partial charge is 0.481 e. The minimum absolute atomic E-state index is 0.0344. The average molecular weight is 435 g/mol. The molecule has 0 aliphatic carbocycles. The lowest BCUT2D eigenvalue weighted by molar-refractivity contribution is -0.137. The summed E-state index contributed by atoms with van der Waals surface area (Å²) in [6.45, 7) is 0. The summed E-state index contributed by atoms with van der Waals surface area (Å²) in [4.78, 5) is 36.4. The summed E-state index contributed by atoms with van der Waals surface area (Å²) in [5.41, 5.74) is 0.547. The van der Waals surface area contributed by atoms with Gasteiger partial charge in [0.05, 0.1) is 18.2 Å². The fourth-order valence-electron chi connectivity index (χ4n) is 3.27. The van der Waals surface area contributed by atoms with Gasteiger partial charge in [-0.3, -0.25) is 19.5 Å². The van der Waals surface area contributed by atoms with Gasteiger partial charge in [-0.1, -0.05) is 24.3 Å². The van der Waals surface area contributed by atoms with Gasteiger partial charge in [-0.05, 0) is 35.9 Å². The molecule has 1 amide bonds. The van der Waals surface area contributed by atoms with Gasteiger partial charge in [0, 0.05) is 18.5 Å². The third-order valence-corrected chi connectivity index (χ3v) is 4.81. The maximum Gasteiger partial charge on any atom is 0.305 e. The zero-order chi connectivity index (χ0) is 22.7. The van der Waals surface area contributed by atoms with Crippen molar-refractivity contribution in [3.8, 4) is 11.4 Å². The van der Waals surface area contributed by atoms with Gasteiger partial charge in [0.1, 0.15) is 17.2 Å². The number of para-hydroxylation sites is 1. The van der Waals surface area contributed by atoms with Crippen molar-refractivity contribution >= 4 is 11.9 Å². The number of carboxylic acid groups (broad SMARTS) is 1. The van der Waals surface area contributed by atoms with Crippen molar-refractivity contribution in [1.29, 1.82) is 0 Å². The molecule has 4 aromatic rings. The van der Waals surface area contributed by atoms with E-state index in [0.717, 1.165) is 16.4 Å². The van der Waals surface area contributed by atoms with Crippen LogP contribution in [-0.2, 0) is 4.79 Å². The van der Waals surface area contributed by atoms with E-state index in [1.165, 1.54) is 18.2 Å². The number of carboxylic acids is 1. The standard InChI is InChI=1S/C22H18FN5O4/c23-16-4-1-2-5-19(16)28-20(29)12-18(26-28)22(32)25-17(13-21(30)31)14-6-8-15(9-7-14)27-11-3-10-24-27/h1-12,17,26H,13H2,(H,25,32)(H,30,31). The number of aromatic nitrogens is 4. The zero-order valence-corrected chi connectivity index (χ0v) is 16.6. The molecule has 0 saturated carbocycles. The smallest absolute Gasteiger partial charge is 0.305 e. The van der Waals surface area contributed by atoms with Crippen LogP contribution in [0.1, 0.15) is 28.5 Å². The molecule has 10 heteroatoms. The van der Waals surface area contributed by atoms with Crippen molar-refractivity contribution < 1.29 is 19.1 Å². The van der Waals surface area contributed by atoms with Crippen molar-refractivity contribution in [1.82, 2.24) is 24.9 Å². The molecule has 32 heavy (non-hydrogen) atoms. The third-order valence-electron chi connectivity index (χ3n) is 4.81. The highest BCUT2D eigenvalue weighted by Gasteiger charge is 2.21. The van der Waals surface area contributed by atoms with E-state index in [9.17, 15) is 23.9 Å². The maximum atomic E-state index is 14.0. The van der Waals surface area contributed by atoms with E-state index in [0.29, 0.717) is 5.56 Å². The molecule has 0 spiro atoms. The highest BCUT2D eigenvalue weighted by atomic mass is 19.1. The Kier molecular flexibility index (Phi) is 5.67. The van der Waals surface area contributed by atoms with E-state index in [4.69, 9.17) is 0 Å². The van der Waals surface area contributed by atoms with Gasteiger partial charge in [0.15, 0.2) is 0 Å². The predicted molar refractivity (Wildman–Crippen MR) is 112 cm³/mol. The number of halogens is 1. The average Bonchev–Trinajstić information content (AvgIpc) is 3.44. The molecule has 1 atom stereocenters. The van der Waals surface area contributed by atoms with Crippen LogP contribution in [-0.4, -0.2) is 36.5 Å². The molecule has 162 valence electrons. The minimum Gasteiger partial charge on any atom is -0.481 e. The fraction of sp³-hybridized carbons (Fsp3) is 0.0909. The molecule has 2 aromatic heterocycles. The Morgan fingerprint density at radius 1 is 1.12 bits per heavy atom. The summed E-state index contributed by atoms with van der Waals surface area (Å²) in [5, 5.41) is 18.6. The zero-order valence-electron chi connectivity index (χ0n) is 16.6. The molecule has 1 unspecified atom stereocenters. The van der Waals surface area contributed by atoms with Crippen molar-refractivity contribution in [2.45, 2.75) is 12.5 Å². The number of amides is 1. The number of carbonyl (C=O) groups is 2. The maximum absolute atomic E-state index is 14.0. The molecule has 4 rings (SSSR count). The van der Waals surface area contributed by atoms with Crippen LogP contribution >= 0.6 is 0 Å². The molecule has 0 aliphatic rings. The molecule has 0 fully saturated rings. The molecule has 9 nitrogen and oxygen atoms in total. The third kappa shape index (κ3) is 4.33. The first-order chi connectivity index (χ1) is 15.4. The van der Waals surface area contributed by atoms with Crippen LogP contribution in [0.4, 0.5) is 4.39 Å². The molecular weight excluding hydrogens is 417 g/mol. The molecule has 0 aliphatic heterocycles. The summed E-state index contributed by atoms with van der Waals surface area (Å²) in [7, 11) is 0. The molecule has 3 N–H and O–H groups in total. The first kappa shape index (κ1) is 20.8. The van der Waals surface area contributed by atoms with Crippen LogP contribution < -0.4 is 10.9 Å². The van der Waals surface area contributed by atoms with Gasteiger partial charge in [-0.2, -0.15) is 5.10 Å². The van der Waals surface area contributed by atoms with E-state index in [1.54, 1.807) is 53.5 Å². The highest BCUT2D eigenvalue weighted by molar-refractivity contribution is 5.92. The number of rotatable bonds is 7. The Bertz CT molecular complexity index is 1310. The van der Waals surface area contributed by atoms with Crippen molar-refractivity contribution in [2.24, 2.45) is 0 Å². The SMILES string of the molecule is O=C(O)CC(NC(=O)c1cc(=O)n(-c2ccccc2F)[nH]1)c1ccc(-n2cccn2)cc1. The van der Waals surface area contributed by atoms with Crippen molar-refractivity contribution in [3.63, 3.8) is 0 Å². The van der Waals surface area contributed by atoms with Crippen molar-refractivity contribution in [3.05, 3.63) is 100 Å². The molecule has 0 bridgehead atoms. The lowest BCUT2D eigenvalue weighted by atomic mass is 10.0. The number of hydrogen-bond acceptors (Lipinski definition) is 4. The number of nitrogens with zero attached hydrogens (tertiary/aromatic N) is 3. The summed E-state index contributed by atoms with van der Waals surface area (Å²) in [6.07, 6.45) is 3.03. The first-order valence-corrected chi connectivity index (χ1v) is 9.62. The molecule has 2 aromatic carbocycles. The van der Waals surface area contributed by atoms with E-state index in [1.807, 2.05) is 0 Å². The van der Waals surface area contributed by atoms with Gasteiger partial charge in [0.2, 0.25) is 0 Å². The molecular formula is C22H18FN5O4. The number of aliphatic carboxylic acids is 1. The highest BCUT2D eigenvalue weighted by Crippen LogP contribution is 2.20. The second-order valence-electron chi connectivity index (χ2n) is 6.96. The lowest BCUT2D eigenvalue weighted by Crippen LogP contribution is -2.30. The second-order valence-corrected chi connectivity index (χ2v) is 6.96. The number of carbonyl (C=O) groups excluding carboxylic acids is 1. The van der Waals surface area contributed by atoms with Gasteiger partial charge in [0.25, 0.3) is 11.5 Å². The topological polar surface area (TPSA) is 122 Å². The summed E-state index contributed by atoms with van der Waals surface area (Å²) in [5.74, 6) is -2.44. The Labute approximate surface area is 180 Å². The quantitative estimate of drug-likeness (QED) is 0.412. The number of benzene rings is 2. The predicted octanol–water partition coefficient (Wildman–Crippen LogP) is 2.44. The van der Waals surface area contributed by atoms with Crippen LogP contribution in [0.3, 0.4) is 0 Å². The van der Waals surface area contributed by atoms with Gasteiger partial charge in [-0.25, -0.2) is 13.8 Å². The van der Waals surface area contributed by atoms with Crippen molar-refractivity contribution in [2.75, 3.05) is 0 Å². The van der Waals surface area contributed by atoms with Crippen LogP contribution in [0.2, 0.25) is 0 Å². The number of H-pyrrole nitrogens is 1. The Morgan fingerprint density at radius 3 is 2.53 bits per heavy atom. The molecule has 2 heterocycles. The van der Waals surface area contributed by atoms with Crippen LogP contribution in [0.5, 0.6) is 0 Å². The number of hydrogen-bond donors (Lipinski definition) is 3. The van der Waals surface area contributed by atoms with Gasteiger partial charge >= 0.3 is 5.97 Å². The monoisotopic (exact) mass is 435 g/mol. The van der Waals surface area contributed by atoms with E-state index < -0.39 is 29.3 Å². The normalized spacial score (nSPS) is 11.8. The summed E-state index contributed by atoms with van der Waals surface area (Å²) in [6, 6.07) is 14.5. The van der Waals surface area contributed by atoms with Crippen LogP contribution in [0, 0.1) is 5.82 Å². The lowest BCUT2D eigenvalue weighted by Gasteiger charge is -2.17. The summed E-state index contributed by atoms with van der Waals surface area (Å²) >= 11 is 0. The van der Waals surface area contributed by atoms with Crippen LogP contribution in [0.25, 0.3) is 11.4 Å². The van der Waals surface area contributed by atoms with Gasteiger partial charge < -0.3 is 10.4 Å². The molecule has 0 saturated heterocycles. The van der Waals surface area contributed by atoms with E-state index >= 15 is 0 Å². The van der Waals surface area contributed by atoms with Gasteiger partial charge in [-0.15, -0.1) is 0 Å². The first-order valence-electron chi connectivity index (χ1n) is 9.62. The Balaban J connectivity index is 1.58. The number of aromatic amines is 1. The number of nitrogens with one attached hydrogen (secondary N) is 2. The van der Waals surface area contributed by atoms with E-state index in [2.05, 4.69) is 15.5 Å². The second kappa shape index (κ2) is 8.72.